The maximum absolute atomic E-state index is 11.6. The van der Waals surface area contributed by atoms with Gasteiger partial charge < -0.3 is 4.98 Å². The zero-order chi connectivity index (χ0) is 13.1. The van der Waals surface area contributed by atoms with Gasteiger partial charge in [0, 0.05) is 17.8 Å². The van der Waals surface area contributed by atoms with Gasteiger partial charge in [0.15, 0.2) is 0 Å². The van der Waals surface area contributed by atoms with Gasteiger partial charge in [-0.3, -0.25) is 9.79 Å². The molecule has 92 valence electrons. The van der Waals surface area contributed by atoms with E-state index in [1.807, 2.05) is 54.7 Å². The number of hydrogen-bond acceptors (Lipinski definition) is 2. The van der Waals surface area contributed by atoms with E-state index in [0.717, 1.165) is 16.6 Å². The lowest BCUT2D eigenvalue weighted by Crippen LogP contribution is -2.03. The summed E-state index contributed by atoms with van der Waals surface area (Å²) in [7, 11) is 0. The summed E-state index contributed by atoms with van der Waals surface area (Å²) < 4.78 is 0. The van der Waals surface area contributed by atoms with E-state index in [1.165, 1.54) is 0 Å². The van der Waals surface area contributed by atoms with Crippen molar-refractivity contribution < 1.29 is 0 Å². The van der Waals surface area contributed by atoms with Crippen LogP contribution in [-0.2, 0) is 0 Å². The third-order valence-corrected chi connectivity index (χ3v) is 2.92. The van der Waals surface area contributed by atoms with Crippen LogP contribution < -0.4 is 5.56 Å². The van der Waals surface area contributed by atoms with Crippen molar-refractivity contribution >= 4 is 22.7 Å². The van der Waals surface area contributed by atoms with Crippen molar-refractivity contribution in [1.82, 2.24) is 4.98 Å². The molecule has 0 aliphatic heterocycles. The van der Waals surface area contributed by atoms with Crippen molar-refractivity contribution in [1.29, 1.82) is 0 Å². The Balaban J connectivity index is 1.98. The number of H-pyrrole nitrogens is 1. The van der Waals surface area contributed by atoms with E-state index in [1.54, 1.807) is 12.3 Å². The van der Waals surface area contributed by atoms with Gasteiger partial charge in [-0.25, -0.2) is 0 Å². The van der Waals surface area contributed by atoms with Gasteiger partial charge in [0.05, 0.1) is 5.69 Å². The summed E-state index contributed by atoms with van der Waals surface area (Å²) in [6.45, 7) is 0. The van der Waals surface area contributed by atoms with Crippen LogP contribution in [0, 0.1) is 0 Å². The third-order valence-electron chi connectivity index (χ3n) is 2.92. The maximum Gasteiger partial charge on any atom is 0.255 e. The first-order valence-electron chi connectivity index (χ1n) is 6.03. The summed E-state index contributed by atoms with van der Waals surface area (Å²) >= 11 is 0. The number of nitrogens with one attached hydrogen (secondary N) is 1. The van der Waals surface area contributed by atoms with Crippen molar-refractivity contribution in [3.8, 4) is 0 Å². The van der Waals surface area contributed by atoms with Crippen LogP contribution in [0.4, 0.5) is 5.69 Å². The van der Waals surface area contributed by atoms with Gasteiger partial charge in [0.1, 0.15) is 0 Å². The Kier molecular flexibility index (Phi) is 2.94. The highest BCUT2D eigenvalue weighted by molar-refractivity contribution is 5.87. The highest BCUT2D eigenvalue weighted by Gasteiger charge is 1.98. The molecule has 2 aromatic carbocycles. The number of benzene rings is 2. The van der Waals surface area contributed by atoms with Crippen LogP contribution in [0.3, 0.4) is 0 Å². The molecule has 0 aliphatic carbocycles. The van der Waals surface area contributed by atoms with Crippen molar-refractivity contribution in [3.05, 3.63) is 76.7 Å². The van der Waals surface area contributed by atoms with E-state index in [0.29, 0.717) is 5.39 Å². The van der Waals surface area contributed by atoms with Crippen molar-refractivity contribution in [2.45, 2.75) is 0 Å². The molecular formula is C16H12N2O. The molecule has 3 nitrogen and oxygen atoms in total. The van der Waals surface area contributed by atoms with Gasteiger partial charge >= 0.3 is 0 Å². The summed E-state index contributed by atoms with van der Waals surface area (Å²) in [4.78, 5) is 18.7. The summed E-state index contributed by atoms with van der Waals surface area (Å²) in [5, 5.41) is 1.58. The Labute approximate surface area is 110 Å². The van der Waals surface area contributed by atoms with E-state index in [9.17, 15) is 4.79 Å². The molecule has 0 atom stereocenters. The molecule has 0 fully saturated rings. The van der Waals surface area contributed by atoms with Crippen molar-refractivity contribution in [2.75, 3.05) is 0 Å². The Morgan fingerprint density at radius 1 is 1.00 bits per heavy atom. The molecular weight excluding hydrogens is 236 g/mol. The first kappa shape index (κ1) is 11.4. The van der Waals surface area contributed by atoms with Gasteiger partial charge in [0.2, 0.25) is 0 Å². The van der Waals surface area contributed by atoms with Crippen molar-refractivity contribution in [2.24, 2.45) is 4.99 Å². The number of hydrogen-bond donors (Lipinski definition) is 1. The molecule has 0 aliphatic rings. The molecule has 0 radical (unpaired) electrons. The average Bonchev–Trinajstić information content (AvgIpc) is 2.46. The Bertz CT molecular complexity index is 788. The van der Waals surface area contributed by atoms with E-state index in [-0.39, 0.29) is 5.56 Å². The van der Waals surface area contributed by atoms with E-state index < -0.39 is 0 Å². The van der Waals surface area contributed by atoms with E-state index in [2.05, 4.69) is 9.98 Å². The first-order valence-corrected chi connectivity index (χ1v) is 6.03. The van der Waals surface area contributed by atoms with Gasteiger partial charge in [-0.1, -0.05) is 30.3 Å². The number of fused-ring (bicyclic) bond motifs is 1. The molecule has 19 heavy (non-hydrogen) atoms. The lowest BCUT2D eigenvalue weighted by Gasteiger charge is -1.98. The number of aromatic nitrogens is 1. The monoisotopic (exact) mass is 248 g/mol. The third kappa shape index (κ3) is 2.45. The predicted octanol–water partition coefficient (Wildman–Crippen LogP) is 3.28. The predicted molar refractivity (Wildman–Crippen MR) is 78.3 cm³/mol. The second kappa shape index (κ2) is 4.90. The maximum atomic E-state index is 11.6. The molecule has 3 rings (SSSR count). The van der Waals surface area contributed by atoms with E-state index in [4.69, 9.17) is 0 Å². The van der Waals surface area contributed by atoms with Gasteiger partial charge in [0.25, 0.3) is 5.56 Å². The molecule has 3 heteroatoms. The number of pyridine rings is 1. The number of nitrogens with zero attached hydrogens (tertiary/aromatic N) is 1. The smallest absolute Gasteiger partial charge is 0.255 e. The molecule has 1 aromatic heterocycles. The van der Waals surface area contributed by atoms with Gasteiger partial charge in [-0.15, -0.1) is 0 Å². The highest BCUT2D eigenvalue weighted by Crippen LogP contribution is 2.18. The summed E-state index contributed by atoms with van der Waals surface area (Å²) in [5.41, 5.74) is 1.81. The second-order valence-electron chi connectivity index (χ2n) is 4.25. The minimum Gasteiger partial charge on any atom is -0.329 e. The van der Waals surface area contributed by atoms with Crippen LogP contribution in [0.15, 0.2) is 70.6 Å². The lowest BCUT2D eigenvalue weighted by atomic mass is 10.1. The molecule has 0 saturated heterocycles. The SMILES string of the molecule is O=c1[nH]ccc2cc(N=Cc3ccccc3)ccc12. The Morgan fingerprint density at radius 3 is 2.68 bits per heavy atom. The fraction of sp³-hybridized carbons (Fsp3) is 0. The van der Waals surface area contributed by atoms with Gasteiger partial charge in [-0.2, -0.15) is 0 Å². The topological polar surface area (TPSA) is 45.2 Å². The highest BCUT2D eigenvalue weighted by atomic mass is 16.1. The summed E-state index contributed by atoms with van der Waals surface area (Å²) in [5.74, 6) is 0. The minimum atomic E-state index is -0.0731. The van der Waals surface area contributed by atoms with Crippen LogP contribution in [0.1, 0.15) is 5.56 Å². The quantitative estimate of drug-likeness (QED) is 0.695. The number of rotatable bonds is 2. The first-order chi connectivity index (χ1) is 9.33. The van der Waals surface area contributed by atoms with Crippen LogP contribution in [0.25, 0.3) is 10.8 Å². The number of aliphatic imine (C=N–C) groups is 1. The molecule has 0 unspecified atom stereocenters. The second-order valence-corrected chi connectivity index (χ2v) is 4.25. The standard InChI is InChI=1S/C16H12N2O/c19-16-15-7-6-14(10-13(15)8-9-17-16)18-11-12-4-2-1-3-5-12/h1-11H,(H,17,19). The van der Waals surface area contributed by atoms with Crippen LogP contribution in [0.2, 0.25) is 0 Å². The minimum absolute atomic E-state index is 0.0731. The summed E-state index contributed by atoms with van der Waals surface area (Å²) in [6.07, 6.45) is 3.46. The Hall–Kier alpha value is -2.68. The number of aromatic amines is 1. The Morgan fingerprint density at radius 2 is 1.84 bits per heavy atom. The van der Waals surface area contributed by atoms with Crippen LogP contribution in [-0.4, -0.2) is 11.2 Å². The average molecular weight is 248 g/mol. The van der Waals surface area contributed by atoms with Crippen LogP contribution in [0.5, 0.6) is 0 Å². The molecule has 0 spiro atoms. The molecule has 1 heterocycles. The fourth-order valence-corrected chi connectivity index (χ4v) is 1.95. The zero-order valence-electron chi connectivity index (χ0n) is 10.2. The molecule has 0 bridgehead atoms. The molecule has 0 saturated carbocycles. The van der Waals surface area contributed by atoms with Crippen molar-refractivity contribution in [3.63, 3.8) is 0 Å². The summed E-state index contributed by atoms with van der Waals surface area (Å²) in [6, 6.07) is 17.3. The normalized spacial score (nSPS) is 11.2. The molecule has 1 N–H and O–H groups in total. The molecule has 0 amide bonds. The van der Waals surface area contributed by atoms with Gasteiger partial charge in [-0.05, 0) is 35.2 Å². The van der Waals surface area contributed by atoms with E-state index >= 15 is 0 Å². The molecule has 3 aromatic rings. The van der Waals surface area contributed by atoms with Crippen LogP contribution >= 0.6 is 0 Å². The fourth-order valence-electron chi connectivity index (χ4n) is 1.95. The zero-order valence-corrected chi connectivity index (χ0v) is 10.2. The lowest BCUT2D eigenvalue weighted by molar-refractivity contribution is 1.28. The largest absolute Gasteiger partial charge is 0.329 e.